The number of nitrogens with one attached hydrogen (secondary N) is 1. The number of benzene rings is 3. The highest BCUT2D eigenvalue weighted by Crippen LogP contribution is 2.34. The zero-order chi connectivity index (χ0) is 24.2. The van der Waals surface area contributed by atoms with E-state index in [9.17, 15) is 9.18 Å². The number of halogens is 1. The van der Waals surface area contributed by atoms with E-state index in [-0.39, 0.29) is 11.7 Å². The first-order valence-corrected chi connectivity index (χ1v) is 12.6. The Morgan fingerprint density at radius 3 is 2.61 bits per heavy atom. The van der Waals surface area contributed by atoms with Crippen LogP contribution in [0.5, 0.6) is 0 Å². The number of H-pyrrole nitrogens is 1. The van der Waals surface area contributed by atoms with Crippen LogP contribution in [0.3, 0.4) is 0 Å². The number of rotatable bonds is 5. The van der Waals surface area contributed by atoms with E-state index in [1.807, 2.05) is 17.2 Å². The van der Waals surface area contributed by atoms with Crippen LogP contribution in [0.4, 0.5) is 4.39 Å². The molecule has 6 nitrogen and oxygen atoms in total. The number of nitrogens with zero attached hydrogens (tertiary/aromatic N) is 4. The second kappa shape index (κ2) is 8.29. The van der Waals surface area contributed by atoms with Gasteiger partial charge in [0.2, 0.25) is 5.91 Å². The first kappa shape index (κ1) is 21.3. The standard InChI is InChI=1S/C29H26FN5O/c30-24-8-10-26-27(14-24)35(17-18-11-12-34(16-18)29(36)21-5-6-21)28(32-26)20-3-1-19(2-4-20)22-7-9-25-23(13-22)15-31-33-25/h1-4,7-10,13-15,18,21H,5-6,11-12,16-17H2,(H,31,33)/t18-/m1/s1. The van der Waals surface area contributed by atoms with Crippen molar-refractivity contribution in [1.29, 1.82) is 0 Å². The molecule has 2 aliphatic rings. The maximum absolute atomic E-state index is 14.2. The van der Waals surface area contributed by atoms with Crippen LogP contribution in [0.15, 0.2) is 66.9 Å². The first-order chi connectivity index (χ1) is 17.6. The van der Waals surface area contributed by atoms with Gasteiger partial charge in [-0.15, -0.1) is 0 Å². The molecule has 3 aromatic carbocycles. The summed E-state index contributed by atoms with van der Waals surface area (Å²) >= 11 is 0. The summed E-state index contributed by atoms with van der Waals surface area (Å²) in [5.74, 6) is 1.45. The quantitative estimate of drug-likeness (QED) is 0.355. The van der Waals surface area contributed by atoms with Crippen molar-refractivity contribution in [3.8, 4) is 22.5 Å². The Morgan fingerprint density at radius 2 is 1.78 bits per heavy atom. The number of hydrogen-bond donors (Lipinski definition) is 1. The molecule has 3 heterocycles. The molecule has 0 spiro atoms. The van der Waals surface area contributed by atoms with Gasteiger partial charge in [-0.3, -0.25) is 9.89 Å². The Bertz CT molecular complexity index is 1600. The highest BCUT2D eigenvalue weighted by Gasteiger charge is 2.36. The van der Waals surface area contributed by atoms with Crippen LogP contribution in [0, 0.1) is 17.7 Å². The summed E-state index contributed by atoms with van der Waals surface area (Å²) in [5.41, 5.74) is 5.82. The molecule has 180 valence electrons. The van der Waals surface area contributed by atoms with Crippen LogP contribution < -0.4 is 0 Å². The topological polar surface area (TPSA) is 66.8 Å². The molecule has 7 rings (SSSR count). The minimum atomic E-state index is -0.267. The fourth-order valence-electron chi connectivity index (χ4n) is 5.46. The van der Waals surface area contributed by atoms with Crippen LogP contribution in [-0.2, 0) is 11.3 Å². The smallest absolute Gasteiger partial charge is 0.225 e. The fourth-order valence-corrected chi connectivity index (χ4v) is 5.46. The molecule has 1 aliphatic carbocycles. The third-order valence-corrected chi connectivity index (χ3v) is 7.59. The third kappa shape index (κ3) is 3.75. The highest BCUT2D eigenvalue weighted by atomic mass is 19.1. The predicted molar refractivity (Wildman–Crippen MR) is 138 cm³/mol. The van der Waals surface area contributed by atoms with E-state index in [0.29, 0.717) is 18.4 Å². The number of imidazole rings is 1. The number of carbonyl (C=O) groups excluding carboxylic acids is 1. The Morgan fingerprint density at radius 1 is 0.972 bits per heavy atom. The van der Waals surface area contributed by atoms with Crippen molar-refractivity contribution >= 4 is 27.8 Å². The molecule has 2 aromatic heterocycles. The minimum absolute atomic E-state index is 0.246. The Labute approximate surface area is 207 Å². The van der Waals surface area contributed by atoms with Crippen LogP contribution >= 0.6 is 0 Å². The van der Waals surface area contributed by atoms with Gasteiger partial charge in [0.1, 0.15) is 11.6 Å². The molecule has 36 heavy (non-hydrogen) atoms. The normalized spacial score (nSPS) is 17.9. The van der Waals surface area contributed by atoms with Crippen LogP contribution in [0.1, 0.15) is 19.3 Å². The number of carbonyl (C=O) groups is 1. The number of amides is 1. The minimum Gasteiger partial charge on any atom is -0.342 e. The third-order valence-electron chi connectivity index (χ3n) is 7.59. The zero-order valence-corrected chi connectivity index (χ0v) is 19.8. The van der Waals surface area contributed by atoms with E-state index in [1.165, 1.54) is 6.07 Å². The van der Waals surface area contributed by atoms with Crippen molar-refractivity contribution in [2.24, 2.45) is 11.8 Å². The van der Waals surface area contributed by atoms with Gasteiger partial charge >= 0.3 is 0 Å². The molecule has 7 heteroatoms. The Kier molecular flexibility index (Phi) is 4.91. The number of aromatic nitrogens is 4. The highest BCUT2D eigenvalue weighted by molar-refractivity contribution is 5.85. The SMILES string of the molecule is O=C(C1CC1)N1CC[C@@H](Cn2c(-c3ccc(-c4ccc5[nH]ncc5c4)cc3)nc3ccc(F)cc32)C1. The molecule has 1 N–H and O–H groups in total. The molecule has 1 atom stereocenters. The lowest BCUT2D eigenvalue weighted by atomic mass is 10.0. The van der Waals surface area contributed by atoms with Crippen LogP contribution in [0.25, 0.3) is 44.5 Å². The summed E-state index contributed by atoms with van der Waals surface area (Å²) in [6.07, 6.45) is 4.85. The molecule has 1 aliphatic heterocycles. The number of likely N-dealkylation sites (tertiary alicyclic amines) is 1. The summed E-state index contributed by atoms with van der Waals surface area (Å²) in [5, 5.41) is 8.17. The largest absolute Gasteiger partial charge is 0.342 e. The number of hydrogen-bond acceptors (Lipinski definition) is 3. The van der Waals surface area contributed by atoms with Gasteiger partial charge in [0.05, 0.1) is 22.7 Å². The maximum Gasteiger partial charge on any atom is 0.225 e. The summed E-state index contributed by atoms with van der Waals surface area (Å²) in [7, 11) is 0. The summed E-state index contributed by atoms with van der Waals surface area (Å²) < 4.78 is 16.4. The molecule has 0 unspecified atom stereocenters. The molecule has 2 fully saturated rings. The second-order valence-corrected chi connectivity index (χ2v) is 10.1. The van der Waals surface area contributed by atoms with Gasteiger partial charge in [0.25, 0.3) is 0 Å². The van der Waals surface area contributed by atoms with Crippen molar-refractivity contribution in [2.75, 3.05) is 13.1 Å². The van der Waals surface area contributed by atoms with Crippen molar-refractivity contribution in [3.05, 3.63) is 72.7 Å². The Hall–Kier alpha value is -4.00. The van der Waals surface area contributed by atoms with Gasteiger partial charge in [0.15, 0.2) is 0 Å². The molecular weight excluding hydrogens is 453 g/mol. The lowest BCUT2D eigenvalue weighted by Gasteiger charge is -2.18. The summed E-state index contributed by atoms with van der Waals surface area (Å²) in [6.45, 7) is 2.29. The number of fused-ring (bicyclic) bond motifs is 2. The van der Waals surface area contributed by atoms with Crippen LogP contribution in [-0.4, -0.2) is 43.6 Å². The van der Waals surface area contributed by atoms with Crippen molar-refractivity contribution in [2.45, 2.75) is 25.8 Å². The summed E-state index contributed by atoms with van der Waals surface area (Å²) in [4.78, 5) is 19.5. The number of aromatic amines is 1. The molecule has 0 radical (unpaired) electrons. The van der Waals surface area contributed by atoms with Gasteiger partial charge in [-0.2, -0.15) is 5.10 Å². The van der Waals surface area contributed by atoms with E-state index in [0.717, 1.165) is 76.8 Å². The lowest BCUT2D eigenvalue weighted by molar-refractivity contribution is -0.131. The molecule has 1 saturated heterocycles. The van der Waals surface area contributed by atoms with E-state index in [1.54, 1.807) is 12.1 Å². The van der Waals surface area contributed by atoms with Crippen molar-refractivity contribution in [3.63, 3.8) is 0 Å². The molecule has 1 saturated carbocycles. The van der Waals surface area contributed by atoms with Gasteiger partial charge in [-0.05, 0) is 66.6 Å². The van der Waals surface area contributed by atoms with Crippen molar-refractivity contribution in [1.82, 2.24) is 24.6 Å². The van der Waals surface area contributed by atoms with E-state index in [4.69, 9.17) is 4.98 Å². The Balaban J connectivity index is 1.21. The predicted octanol–water partition coefficient (Wildman–Crippen LogP) is 5.64. The van der Waals surface area contributed by atoms with Crippen LogP contribution in [0.2, 0.25) is 0 Å². The van der Waals surface area contributed by atoms with Gasteiger partial charge in [-0.1, -0.05) is 30.3 Å². The lowest BCUT2D eigenvalue weighted by Crippen LogP contribution is -2.30. The second-order valence-electron chi connectivity index (χ2n) is 10.1. The van der Waals surface area contributed by atoms with E-state index >= 15 is 0 Å². The first-order valence-electron chi connectivity index (χ1n) is 12.6. The molecule has 1 amide bonds. The zero-order valence-electron chi connectivity index (χ0n) is 19.8. The molecular formula is C29H26FN5O. The van der Waals surface area contributed by atoms with Gasteiger partial charge in [-0.25, -0.2) is 9.37 Å². The van der Waals surface area contributed by atoms with Gasteiger partial charge < -0.3 is 9.47 Å². The van der Waals surface area contributed by atoms with Crippen molar-refractivity contribution < 1.29 is 9.18 Å². The molecule has 5 aromatic rings. The monoisotopic (exact) mass is 479 g/mol. The maximum atomic E-state index is 14.2. The van der Waals surface area contributed by atoms with E-state index in [2.05, 4.69) is 51.2 Å². The van der Waals surface area contributed by atoms with E-state index < -0.39 is 0 Å². The average Bonchev–Trinajstić information content (AvgIpc) is 3.30. The summed E-state index contributed by atoms with van der Waals surface area (Å²) in [6, 6.07) is 19.4. The van der Waals surface area contributed by atoms with Gasteiger partial charge in [0, 0.05) is 36.5 Å². The average molecular weight is 480 g/mol. The fraction of sp³-hybridized carbons (Fsp3) is 0.276. The molecule has 0 bridgehead atoms.